The van der Waals surface area contributed by atoms with Gasteiger partial charge in [-0.15, -0.1) is 0 Å². The van der Waals surface area contributed by atoms with Crippen LogP contribution in [0.4, 0.5) is 0 Å². The topological polar surface area (TPSA) is 32.3 Å². The standard InChI is InChI=1S/C16H27NO/c18-10-16(1-3-17-4-2-16)15-13-6-11-5-12(8-13)9-14(15)7-11/h11-15,17-18H,1-10H2. The Morgan fingerprint density at radius 1 is 0.889 bits per heavy atom. The van der Waals surface area contributed by atoms with E-state index < -0.39 is 0 Å². The summed E-state index contributed by atoms with van der Waals surface area (Å²) in [4.78, 5) is 0. The van der Waals surface area contributed by atoms with Crippen LogP contribution in [-0.4, -0.2) is 24.8 Å². The van der Waals surface area contributed by atoms with Crippen molar-refractivity contribution in [3.63, 3.8) is 0 Å². The van der Waals surface area contributed by atoms with Crippen molar-refractivity contribution in [3.8, 4) is 0 Å². The van der Waals surface area contributed by atoms with Gasteiger partial charge in [-0.3, -0.25) is 0 Å². The van der Waals surface area contributed by atoms with Crippen molar-refractivity contribution in [2.24, 2.45) is 35.0 Å². The predicted molar refractivity (Wildman–Crippen MR) is 72.2 cm³/mol. The molecule has 0 amide bonds. The molecule has 102 valence electrons. The molecule has 5 fully saturated rings. The van der Waals surface area contributed by atoms with Gasteiger partial charge >= 0.3 is 0 Å². The van der Waals surface area contributed by atoms with Crippen LogP contribution in [0.25, 0.3) is 0 Å². The lowest BCUT2D eigenvalue weighted by Crippen LogP contribution is -2.55. The van der Waals surface area contributed by atoms with E-state index in [4.69, 9.17) is 0 Å². The van der Waals surface area contributed by atoms with E-state index in [-0.39, 0.29) is 5.41 Å². The molecule has 1 saturated heterocycles. The summed E-state index contributed by atoms with van der Waals surface area (Å²) in [5.41, 5.74) is 0.286. The second-order valence-electron chi connectivity index (χ2n) is 7.73. The summed E-state index contributed by atoms with van der Waals surface area (Å²) in [5, 5.41) is 13.6. The molecule has 1 heterocycles. The number of hydrogen-bond acceptors (Lipinski definition) is 2. The first-order valence-corrected chi connectivity index (χ1v) is 8.12. The average molecular weight is 249 g/mol. The van der Waals surface area contributed by atoms with E-state index in [1.807, 2.05) is 0 Å². The van der Waals surface area contributed by atoms with Gasteiger partial charge in [0.15, 0.2) is 0 Å². The van der Waals surface area contributed by atoms with Gasteiger partial charge in [0.2, 0.25) is 0 Å². The zero-order chi connectivity index (χ0) is 12.2. The largest absolute Gasteiger partial charge is 0.396 e. The third-order valence-electron chi connectivity index (χ3n) is 6.85. The van der Waals surface area contributed by atoms with Crippen molar-refractivity contribution in [2.45, 2.75) is 44.9 Å². The Hall–Kier alpha value is -0.0800. The molecule has 1 aliphatic heterocycles. The van der Waals surface area contributed by atoms with Crippen LogP contribution in [0, 0.1) is 35.0 Å². The van der Waals surface area contributed by atoms with Gasteiger partial charge in [0.1, 0.15) is 0 Å². The van der Waals surface area contributed by atoms with Crippen LogP contribution in [0.2, 0.25) is 0 Å². The third-order valence-corrected chi connectivity index (χ3v) is 6.85. The van der Waals surface area contributed by atoms with E-state index in [9.17, 15) is 5.11 Å². The summed E-state index contributed by atoms with van der Waals surface area (Å²) >= 11 is 0. The SMILES string of the molecule is OCC1(C2C3CC4CC(C3)CC2C4)CCNCC1. The second-order valence-corrected chi connectivity index (χ2v) is 7.73. The Morgan fingerprint density at radius 2 is 1.44 bits per heavy atom. The molecule has 2 nitrogen and oxygen atoms in total. The van der Waals surface area contributed by atoms with Gasteiger partial charge in [0.05, 0.1) is 0 Å². The first kappa shape index (κ1) is 11.7. The van der Waals surface area contributed by atoms with Crippen molar-refractivity contribution < 1.29 is 5.11 Å². The number of hydrogen-bond donors (Lipinski definition) is 2. The van der Waals surface area contributed by atoms with E-state index in [1.165, 1.54) is 44.9 Å². The molecule has 0 atom stereocenters. The molecule has 4 bridgehead atoms. The molecule has 0 aromatic heterocycles. The fraction of sp³-hybridized carbons (Fsp3) is 1.00. The molecule has 4 saturated carbocycles. The molecular weight excluding hydrogens is 222 g/mol. The molecule has 2 heteroatoms. The van der Waals surface area contributed by atoms with Gasteiger partial charge in [0.25, 0.3) is 0 Å². The van der Waals surface area contributed by atoms with Crippen LogP contribution in [0.1, 0.15) is 44.9 Å². The lowest BCUT2D eigenvalue weighted by Gasteiger charge is -2.60. The molecule has 0 aromatic rings. The smallest absolute Gasteiger partial charge is 0.0491 e. The molecule has 0 unspecified atom stereocenters. The summed E-state index contributed by atoms with van der Waals surface area (Å²) in [6.07, 6.45) is 9.94. The summed E-state index contributed by atoms with van der Waals surface area (Å²) in [6.45, 7) is 2.70. The summed E-state index contributed by atoms with van der Waals surface area (Å²) in [6, 6.07) is 0. The van der Waals surface area contributed by atoms with Gasteiger partial charge in [-0.2, -0.15) is 0 Å². The van der Waals surface area contributed by atoms with Crippen molar-refractivity contribution in [1.29, 1.82) is 0 Å². The third kappa shape index (κ3) is 1.61. The van der Waals surface area contributed by atoms with Crippen molar-refractivity contribution in [1.82, 2.24) is 5.32 Å². The number of aliphatic hydroxyl groups excluding tert-OH is 1. The molecule has 0 aromatic carbocycles. The normalized spacial score (nSPS) is 49.5. The van der Waals surface area contributed by atoms with Crippen LogP contribution < -0.4 is 5.32 Å². The number of rotatable bonds is 2. The molecule has 5 aliphatic rings. The lowest BCUT2D eigenvalue weighted by molar-refractivity contribution is -0.122. The summed E-state index contributed by atoms with van der Waals surface area (Å²) in [5.74, 6) is 4.90. The lowest BCUT2D eigenvalue weighted by atomic mass is 9.45. The van der Waals surface area contributed by atoms with Crippen molar-refractivity contribution >= 4 is 0 Å². The van der Waals surface area contributed by atoms with Crippen LogP contribution >= 0.6 is 0 Å². The van der Waals surface area contributed by atoms with Crippen LogP contribution in [-0.2, 0) is 0 Å². The van der Waals surface area contributed by atoms with Crippen molar-refractivity contribution in [3.05, 3.63) is 0 Å². The Labute approximate surface area is 111 Å². The van der Waals surface area contributed by atoms with Gasteiger partial charge in [-0.25, -0.2) is 0 Å². The van der Waals surface area contributed by atoms with Crippen LogP contribution in [0.3, 0.4) is 0 Å². The Bertz CT molecular complexity index is 293. The Morgan fingerprint density at radius 3 is 1.94 bits per heavy atom. The van der Waals surface area contributed by atoms with E-state index in [1.54, 1.807) is 0 Å². The first-order valence-electron chi connectivity index (χ1n) is 8.12. The Balaban J connectivity index is 1.63. The summed E-state index contributed by atoms with van der Waals surface area (Å²) < 4.78 is 0. The number of piperidine rings is 1. The molecular formula is C16H27NO. The minimum absolute atomic E-state index is 0.286. The van der Waals surface area contributed by atoms with Gasteiger partial charge < -0.3 is 10.4 Å². The maximum absolute atomic E-state index is 10.1. The number of aliphatic hydroxyl groups is 1. The van der Waals surface area contributed by atoms with E-state index in [0.717, 1.165) is 42.7 Å². The molecule has 18 heavy (non-hydrogen) atoms. The highest BCUT2D eigenvalue weighted by Gasteiger charge is 2.55. The fourth-order valence-electron chi connectivity index (χ4n) is 6.45. The highest BCUT2D eigenvalue weighted by atomic mass is 16.3. The predicted octanol–water partition coefficient (Wildman–Crippen LogP) is 2.42. The highest BCUT2D eigenvalue weighted by molar-refractivity contribution is 5.05. The molecule has 2 N–H and O–H groups in total. The van der Waals surface area contributed by atoms with E-state index >= 15 is 0 Å². The minimum Gasteiger partial charge on any atom is -0.396 e. The van der Waals surface area contributed by atoms with Crippen LogP contribution in [0.5, 0.6) is 0 Å². The van der Waals surface area contributed by atoms with Gasteiger partial charge in [0, 0.05) is 6.61 Å². The maximum atomic E-state index is 10.1. The molecule has 0 radical (unpaired) electrons. The quantitative estimate of drug-likeness (QED) is 0.788. The molecule has 4 aliphatic carbocycles. The minimum atomic E-state index is 0.286. The average Bonchev–Trinajstić information content (AvgIpc) is 2.38. The zero-order valence-electron chi connectivity index (χ0n) is 11.4. The zero-order valence-corrected chi connectivity index (χ0v) is 11.4. The molecule has 5 rings (SSSR count). The number of nitrogens with one attached hydrogen (secondary N) is 1. The Kier molecular flexibility index (Phi) is 2.74. The van der Waals surface area contributed by atoms with Gasteiger partial charge in [-0.1, -0.05) is 0 Å². The van der Waals surface area contributed by atoms with Gasteiger partial charge in [-0.05, 0) is 93.0 Å². The monoisotopic (exact) mass is 249 g/mol. The maximum Gasteiger partial charge on any atom is 0.0491 e. The second kappa shape index (κ2) is 4.21. The van der Waals surface area contributed by atoms with E-state index in [0.29, 0.717) is 6.61 Å². The van der Waals surface area contributed by atoms with E-state index in [2.05, 4.69) is 5.32 Å². The van der Waals surface area contributed by atoms with Crippen LogP contribution in [0.15, 0.2) is 0 Å². The fourth-order valence-corrected chi connectivity index (χ4v) is 6.45. The molecule has 0 spiro atoms. The van der Waals surface area contributed by atoms with Crippen molar-refractivity contribution in [2.75, 3.05) is 19.7 Å². The first-order chi connectivity index (χ1) is 8.81. The summed E-state index contributed by atoms with van der Waals surface area (Å²) in [7, 11) is 0. The highest BCUT2D eigenvalue weighted by Crippen LogP contribution is 2.62.